The summed E-state index contributed by atoms with van der Waals surface area (Å²) in [6.07, 6.45) is 4.53. The van der Waals surface area contributed by atoms with Gasteiger partial charge in [0.15, 0.2) is 17.3 Å². The lowest BCUT2D eigenvalue weighted by atomic mass is 10.0. The molecule has 28 heavy (non-hydrogen) atoms. The molecule has 1 N–H and O–H groups in total. The third kappa shape index (κ3) is 3.09. The van der Waals surface area contributed by atoms with Crippen LogP contribution in [-0.2, 0) is 0 Å². The molecule has 4 rings (SSSR count). The maximum atomic E-state index is 12.9. The number of ether oxygens (including phenoxy) is 3. The minimum atomic E-state index is -0.187. The normalized spacial score (nSPS) is 19.3. The minimum Gasteiger partial charge on any atom is -0.493 e. The molecule has 1 unspecified atom stereocenters. The predicted octanol–water partition coefficient (Wildman–Crippen LogP) is 4.20. The first-order valence-corrected chi connectivity index (χ1v) is 10.3. The number of benzene rings is 1. The van der Waals surface area contributed by atoms with E-state index < -0.39 is 0 Å². The summed E-state index contributed by atoms with van der Waals surface area (Å²) in [5.74, 6) is 2.45. The third-order valence-corrected chi connectivity index (χ3v) is 6.61. The van der Waals surface area contributed by atoms with E-state index >= 15 is 0 Å². The smallest absolute Gasteiger partial charge is 0.271 e. The van der Waals surface area contributed by atoms with Gasteiger partial charge in [-0.25, -0.2) is 4.99 Å². The number of aromatic amines is 1. The fraction of sp³-hybridized carbons (Fsp3) is 0.500. The van der Waals surface area contributed by atoms with Crippen molar-refractivity contribution in [3.63, 3.8) is 0 Å². The van der Waals surface area contributed by atoms with Gasteiger partial charge in [0.1, 0.15) is 0 Å². The van der Waals surface area contributed by atoms with E-state index in [2.05, 4.69) is 5.10 Å². The molecule has 1 saturated carbocycles. The molecule has 1 aromatic carbocycles. The van der Waals surface area contributed by atoms with E-state index in [1.807, 2.05) is 23.7 Å². The Labute approximate surface area is 168 Å². The van der Waals surface area contributed by atoms with Crippen LogP contribution in [-0.4, -0.2) is 36.2 Å². The average molecular weight is 404 g/mol. The van der Waals surface area contributed by atoms with Crippen molar-refractivity contribution in [1.29, 1.82) is 0 Å². The lowest BCUT2D eigenvalue weighted by molar-refractivity contribution is 0.324. The Morgan fingerprint density at radius 1 is 1.11 bits per heavy atom. The molecule has 2 aromatic rings. The fourth-order valence-corrected chi connectivity index (χ4v) is 5.21. The highest BCUT2D eigenvalue weighted by Gasteiger charge is 2.33. The summed E-state index contributed by atoms with van der Waals surface area (Å²) in [4.78, 5) is 17.6. The van der Waals surface area contributed by atoms with Crippen molar-refractivity contribution in [1.82, 2.24) is 9.78 Å². The van der Waals surface area contributed by atoms with Crippen molar-refractivity contribution in [2.24, 2.45) is 4.99 Å². The molecule has 0 saturated heterocycles. The van der Waals surface area contributed by atoms with E-state index in [-0.39, 0.29) is 10.8 Å². The van der Waals surface area contributed by atoms with Crippen LogP contribution in [0.5, 0.6) is 17.2 Å². The van der Waals surface area contributed by atoms with E-state index in [1.54, 1.807) is 33.1 Å². The van der Waals surface area contributed by atoms with Gasteiger partial charge < -0.3 is 14.2 Å². The largest absolute Gasteiger partial charge is 0.493 e. The van der Waals surface area contributed by atoms with Crippen molar-refractivity contribution in [3.05, 3.63) is 33.6 Å². The maximum absolute atomic E-state index is 12.9. The van der Waals surface area contributed by atoms with Crippen LogP contribution in [0.3, 0.4) is 0 Å². The van der Waals surface area contributed by atoms with Gasteiger partial charge in [0.2, 0.25) is 5.75 Å². The SMILES string of the molecule is COc1cc(C2SC(C)=Nc3c2c(=O)[nH]n3C2CCCC2)cc(OC)c1OC. The molecule has 1 aliphatic heterocycles. The highest BCUT2D eigenvalue weighted by Crippen LogP contribution is 2.49. The molecule has 0 bridgehead atoms. The molecular weight excluding hydrogens is 378 g/mol. The molecule has 2 heterocycles. The number of rotatable bonds is 5. The summed E-state index contributed by atoms with van der Waals surface area (Å²) < 4.78 is 18.4. The van der Waals surface area contributed by atoms with Crippen LogP contribution in [0.2, 0.25) is 0 Å². The Morgan fingerprint density at radius 2 is 1.75 bits per heavy atom. The number of nitrogens with zero attached hydrogens (tertiary/aromatic N) is 2. The summed E-state index contributed by atoms with van der Waals surface area (Å²) in [6, 6.07) is 4.14. The standard InChI is InChI=1S/C20H25N3O4S/c1-11-21-19-16(20(24)22-23(19)13-7-5-6-8-13)18(28-11)12-9-14(25-2)17(27-4)15(10-12)26-3/h9-10,13,18H,5-8H2,1-4H3,(H,22,24). The minimum absolute atomic E-state index is 0.0793. The Morgan fingerprint density at radius 3 is 2.32 bits per heavy atom. The van der Waals surface area contributed by atoms with Gasteiger partial charge in [-0.15, -0.1) is 0 Å². The molecular formula is C20H25N3O4S. The number of aromatic nitrogens is 2. The highest BCUT2D eigenvalue weighted by molar-refractivity contribution is 8.14. The number of methoxy groups -OCH3 is 3. The molecule has 0 amide bonds. The van der Waals surface area contributed by atoms with Crippen molar-refractivity contribution in [2.45, 2.75) is 43.9 Å². The molecule has 1 fully saturated rings. The first-order valence-electron chi connectivity index (χ1n) is 9.43. The fourth-order valence-electron chi connectivity index (χ4n) is 4.12. The number of nitrogens with one attached hydrogen (secondary N) is 1. The molecule has 8 heteroatoms. The molecule has 1 aromatic heterocycles. The first kappa shape index (κ1) is 19.0. The van der Waals surface area contributed by atoms with Crippen LogP contribution < -0.4 is 19.8 Å². The second kappa shape index (κ2) is 7.58. The number of thioether (sulfide) groups is 1. The van der Waals surface area contributed by atoms with Gasteiger partial charge in [0, 0.05) is 0 Å². The van der Waals surface area contributed by atoms with E-state index in [0.29, 0.717) is 28.9 Å². The van der Waals surface area contributed by atoms with Gasteiger partial charge in [0.05, 0.1) is 43.2 Å². The molecule has 0 radical (unpaired) electrons. The predicted molar refractivity (Wildman–Crippen MR) is 111 cm³/mol. The number of hydrogen-bond donors (Lipinski definition) is 1. The number of hydrogen-bond acceptors (Lipinski definition) is 6. The maximum Gasteiger partial charge on any atom is 0.271 e. The summed E-state index contributed by atoms with van der Waals surface area (Å²) in [6.45, 7) is 1.98. The zero-order chi connectivity index (χ0) is 19.8. The summed E-state index contributed by atoms with van der Waals surface area (Å²) in [5, 5.41) is 3.79. The van der Waals surface area contributed by atoms with Crippen LogP contribution in [0.25, 0.3) is 0 Å². The van der Waals surface area contributed by atoms with Crippen molar-refractivity contribution < 1.29 is 14.2 Å². The number of fused-ring (bicyclic) bond motifs is 1. The second-order valence-electron chi connectivity index (χ2n) is 7.07. The van der Waals surface area contributed by atoms with Gasteiger partial charge in [-0.1, -0.05) is 24.6 Å². The van der Waals surface area contributed by atoms with Crippen molar-refractivity contribution in [3.8, 4) is 17.2 Å². The van der Waals surface area contributed by atoms with E-state index in [4.69, 9.17) is 19.2 Å². The molecule has 1 aliphatic carbocycles. The van der Waals surface area contributed by atoms with Crippen LogP contribution in [0.1, 0.15) is 55.0 Å². The summed E-state index contributed by atoms with van der Waals surface area (Å²) >= 11 is 1.57. The summed E-state index contributed by atoms with van der Waals surface area (Å²) in [7, 11) is 4.77. The number of H-pyrrole nitrogens is 1. The lowest BCUT2D eigenvalue weighted by Gasteiger charge is -2.23. The Hall–Kier alpha value is -2.35. The van der Waals surface area contributed by atoms with Crippen molar-refractivity contribution in [2.75, 3.05) is 21.3 Å². The molecule has 1 atom stereocenters. The van der Waals surface area contributed by atoms with E-state index in [0.717, 1.165) is 29.3 Å². The molecule has 0 spiro atoms. The number of aliphatic imine (C=N–C) groups is 1. The highest BCUT2D eigenvalue weighted by atomic mass is 32.2. The quantitative estimate of drug-likeness (QED) is 0.809. The van der Waals surface area contributed by atoms with E-state index in [1.165, 1.54) is 12.8 Å². The lowest BCUT2D eigenvalue weighted by Crippen LogP contribution is -2.14. The van der Waals surface area contributed by atoms with Gasteiger partial charge in [-0.05, 0) is 37.5 Å². The molecule has 150 valence electrons. The van der Waals surface area contributed by atoms with Crippen LogP contribution in [0.4, 0.5) is 5.82 Å². The second-order valence-corrected chi connectivity index (χ2v) is 8.37. The average Bonchev–Trinajstić information content (AvgIpc) is 3.34. The monoisotopic (exact) mass is 403 g/mol. The third-order valence-electron chi connectivity index (χ3n) is 5.43. The Kier molecular flexibility index (Phi) is 5.14. The first-order chi connectivity index (χ1) is 13.6. The van der Waals surface area contributed by atoms with Crippen LogP contribution in [0, 0.1) is 0 Å². The van der Waals surface area contributed by atoms with Crippen LogP contribution in [0.15, 0.2) is 21.9 Å². The molecule has 7 nitrogen and oxygen atoms in total. The van der Waals surface area contributed by atoms with Gasteiger partial charge in [0.25, 0.3) is 5.56 Å². The zero-order valence-corrected chi connectivity index (χ0v) is 17.4. The van der Waals surface area contributed by atoms with Gasteiger partial charge >= 0.3 is 0 Å². The molecule has 2 aliphatic rings. The van der Waals surface area contributed by atoms with E-state index in [9.17, 15) is 4.79 Å². The Bertz CT molecular complexity index is 947. The zero-order valence-electron chi connectivity index (χ0n) is 16.6. The summed E-state index contributed by atoms with van der Waals surface area (Å²) in [5.41, 5.74) is 1.53. The topological polar surface area (TPSA) is 77.8 Å². The van der Waals surface area contributed by atoms with Crippen LogP contribution >= 0.6 is 11.8 Å². The van der Waals surface area contributed by atoms with Crippen molar-refractivity contribution >= 4 is 22.6 Å². The van der Waals surface area contributed by atoms with Gasteiger partial charge in [-0.3, -0.25) is 14.6 Å². The Balaban J connectivity index is 1.85. The van der Waals surface area contributed by atoms with Gasteiger partial charge in [-0.2, -0.15) is 0 Å².